The molecule has 1 unspecified atom stereocenters. The van der Waals surface area contributed by atoms with Crippen LogP contribution in [0.1, 0.15) is 32.1 Å². The van der Waals surface area contributed by atoms with Crippen LogP contribution in [0.25, 0.3) is 0 Å². The highest BCUT2D eigenvalue weighted by atomic mass is 16.5. The fraction of sp³-hybridized carbons (Fsp3) is 0.909. The average Bonchev–Trinajstić information content (AvgIpc) is 2.29. The summed E-state index contributed by atoms with van der Waals surface area (Å²) in [6.45, 7) is 0.330. The van der Waals surface area contributed by atoms with Crippen LogP contribution in [0.2, 0.25) is 0 Å². The molecule has 0 aromatic carbocycles. The summed E-state index contributed by atoms with van der Waals surface area (Å²) in [7, 11) is 1.54. The maximum Gasteiger partial charge on any atom is 0.222 e. The SMILES string of the molecule is COC(CN)CC(=O)N[C@H]1CCCC[C@@H]1O. The van der Waals surface area contributed by atoms with Gasteiger partial charge in [0.15, 0.2) is 0 Å². The predicted octanol–water partition coefficient (Wildman–Crippen LogP) is -0.230. The fourth-order valence-corrected chi connectivity index (χ4v) is 2.02. The van der Waals surface area contributed by atoms with E-state index in [1.54, 1.807) is 7.11 Å². The third kappa shape index (κ3) is 4.08. The number of methoxy groups -OCH3 is 1. The minimum absolute atomic E-state index is 0.0942. The van der Waals surface area contributed by atoms with Crippen molar-refractivity contribution in [3.05, 3.63) is 0 Å². The first kappa shape index (κ1) is 13.4. The molecule has 1 fully saturated rings. The molecular weight excluding hydrogens is 208 g/mol. The Hall–Kier alpha value is -0.650. The van der Waals surface area contributed by atoms with E-state index < -0.39 is 6.10 Å². The zero-order valence-corrected chi connectivity index (χ0v) is 9.82. The van der Waals surface area contributed by atoms with Gasteiger partial charge < -0.3 is 20.9 Å². The van der Waals surface area contributed by atoms with Gasteiger partial charge in [-0.2, -0.15) is 0 Å². The van der Waals surface area contributed by atoms with Crippen LogP contribution in [0.5, 0.6) is 0 Å². The van der Waals surface area contributed by atoms with Crippen molar-refractivity contribution in [3.8, 4) is 0 Å². The predicted molar refractivity (Wildman–Crippen MR) is 60.9 cm³/mol. The Kier molecular flexibility index (Phi) is 5.73. The lowest BCUT2D eigenvalue weighted by Crippen LogP contribution is -2.46. The molecule has 16 heavy (non-hydrogen) atoms. The number of nitrogens with two attached hydrogens (primary N) is 1. The standard InChI is InChI=1S/C11H22N2O3/c1-16-8(7-12)6-11(15)13-9-4-2-3-5-10(9)14/h8-10,14H,2-7,12H2,1H3,(H,13,15)/t8?,9-,10-/m0/s1. The Morgan fingerprint density at radius 2 is 2.25 bits per heavy atom. The van der Waals surface area contributed by atoms with E-state index in [1.807, 2.05) is 0 Å². The molecule has 3 atom stereocenters. The molecule has 94 valence electrons. The zero-order chi connectivity index (χ0) is 12.0. The van der Waals surface area contributed by atoms with Gasteiger partial charge in [0, 0.05) is 13.7 Å². The first-order valence-corrected chi connectivity index (χ1v) is 5.87. The van der Waals surface area contributed by atoms with E-state index in [4.69, 9.17) is 10.5 Å². The highest BCUT2D eigenvalue weighted by molar-refractivity contribution is 5.76. The monoisotopic (exact) mass is 230 g/mol. The maximum absolute atomic E-state index is 11.6. The minimum Gasteiger partial charge on any atom is -0.391 e. The van der Waals surface area contributed by atoms with Crippen LogP contribution in [0.4, 0.5) is 0 Å². The van der Waals surface area contributed by atoms with Crippen molar-refractivity contribution in [1.82, 2.24) is 5.32 Å². The van der Waals surface area contributed by atoms with Gasteiger partial charge in [-0.25, -0.2) is 0 Å². The highest BCUT2D eigenvalue weighted by Gasteiger charge is 2.25. The molecule has 0 aliphatic heterocycles. The number of carbonyl (C=O) groups is 1. The van der Waals surface area contributed by atoms with Crippen LogP contribution >= 0.6 is 0 Å². The molecule has 5 heteroatoms. The lowest BCUT2D eigenvalue weighted by Gasteiger charge is -2.28. The molecule has 1 aliphatic rings. The zero-order valence-electron chi connectivity index (χ0n) is 9.82. The molecule has 1 aliphatic carbocycles. The number of aliphatic hydroxyl groups excluding tert-OH is 1. The molecule has 0 aromatic rings. The quantitative estimate of drug-likeness (QED) is 0.609. The van der Waals surface area contributed by atoms with E-state index in [2.05, 4.69) is 5.32 Å². The van der Waals surface area contributed by atoms with Crippen molar-refractivity contribution >= 4 is 5.91 Å². The van der Waals surface area contributed by atoms with Gasteiger partial charge in [0.1, 0.15) is 0 Å². The highest BCUT2D eigenvalue weighted by Crippen LogP contribution is 2.18. The van der Waals surface area contributed by atoms with Crippen molar-refractivity contribution in [2.45, 2.75) is 50.4 Å². The van der Waals surface area contributed by atoms with Crippen LogP contribution in [0, 0.1) is 0 Å². The average molecular weight is 230 g/mol. The summed E-state index contributed by atoms with van der Waals surface area (Å²) in [6.07, 6.45) is 3.35. The number of hydrogen-bond donors (Lipinski definition) is 3. The van der Waals surface area contributed by atoms with Gasteiger partial charge in [-0.15, -0.1) is 0 Å². The van der Waals surface area contributed by atoms with Crippen molar-refractivity contribution in [2.24, 2.45) is 5.73 Å². The van der Waals surface area contributed by atoms with Crippen molar-refractivity contribution in [3.63, 3.8) is 0 Å². The number of hydrogen-bond acceptors (Lipinski definition) is 4. The number of amides is 1. The van der Waals surface area contributed by atoms with Crippen LogP contribution in [-0.4, -0.2) is 42.9 Å². The third-order valence-electron chi connectivity index (χ3n) is 3.09. The van der Waals surface area contributed by atoms with Crippen LogP contribution in [0.3, 0.4) is 0 Å². The topological polar surface area (TPSA) is 84.6 Å². The van der Waals surface area contributed by atoms with E-state index >= 15 is 0 Å². The lowest BCUT2D eigenvalue weighted by molar-refractivity contribution is -0.125. The van der Waals surface area contributed by atoms with E-state index in [1.165, 1.54) is 0 Å². The molecule has 0 aromatic heterocycles. The van der Waals surface area contributed by atoms with Crippen molar-refractivity contribution < 1.29 is 14.6 Å². The second kappa shape index (κ2) is 6.83. The van der Waals surface area contributed by atoms with Gasteiger partial charge in [0.2, 0.25) is 5.91 Å². The third-order valence-corrected chi connectivity index (χ3v) is 3.09. The van der Waals surface area contributed by atoms with Crippen LogP contribution in [-0.2, 0) is 9.53 Å². The largest absolute Gasteiger partial charge is 0.391 e. The van der Waals surface area contributed by atoms with Crippen molar-refractivity contribution in [1.29, 1.82) is 0 Å². The van der Waals surface area contributed by atoms with Crippen molar-refractivity contribution in [2.75, 3.05) is 13.7 Å². The molecule has 4 N–H and O–H groups in total. The maximum atomic E-state index is 11.6. The summed E-state index contributed by atoms with van der Waals surface area (Å²) in [5.41, 5.74) is 5.44. The second-order valence-electron chi connectivity index (χ2n) is 4.32. The molecule has 5 nitrogen and oxygen atoms in total. The molecule has 1 saturated carbocycles. The van der Waals surface area contributed by atoms with E-state index in [-0.39, 0.29) is 24.5 Å². The van der Waals surface area contributed by atoms with Gasteiger partial charge in [-0.1, -0.05) is 12.8 Å². The number of aliphatic hydroxyl groups is 1. The van der Waals surface area contributed by atoms with E-state index in [0.29, 0.717) is 6.54 Å². The van der Waals surface area contributed by atoms with E-state index in [9.17, 15) is 9.90 Å². The minimum atomic E-state index is -0.406. The Balaban J connectivity index is 2.32. The smallest absolute Gasteiger partial charge is 0.222 e. The first-order chi connectivity index (χ1) is 7.67. The molecule has 0 saturated heterocycles. The molecule has 0 heterocycles. The fourth-order valence-electron chi connectivity index (χ4n) is 2.02. The Labute approximate surface area is 96.3 Å². The summed E-state index contributed by atoms with van der Waals surface area (Å²) >= 11 is 0. The van der Waals surface area contributed by atoms with Gasteiger partial charge in [0.25, 0.3) is 0 Å². The molecule has 0 bridgehead atoms. The summed E-state index contributed by atoms with van der Waals surface area (Å²) in [5.74, 6) is -0.0942. The molecular formula is C11H22N2O3. The van der Waals surface area contributed by atoms with Gasteiger partial charge in [-0.3, -0.25) is 4.79 Å². The van der Waals surface area contributed by atoms with Gasteiger partial charge in [-0.05, 0) is 12.8 Å². The Bertz CT molecular complexity index is 219. The normalized spacial score (nSPS) is 27.4. The summed E-state index contributed by atoms with van der Waals surface area (Å²) < 4.78 is 5.04. The molecule has 0 radical (unpaired) electrons. The van der Waals surface area contributed by atoms with Crippen LogP contribution in [0.15, 0.2) is 0 Å². The summed E-state index contributed by atoms with van der Waals surface area (Å²) in [5, 5.41) is 12.5. The second-order valence-corrected chi connectivity index (χ2v) is 4.32. The lowest BCUT2D eigenvalue weighted by atomic mass is 9.92. The van der Waals surface area contributed by atoms with Gasteiger partial charge in [0.05, 0.1) is 24.7 Å². The summed E-state index contributed by atoms with van der Waals surface area (Å²) in [4.78, 5) is 11.6. The number of ether oxygens (including phenoxy) is 1. The number of nitrogens with one attached hydrogen (secondary N) is 1. The molecule has 1 rings (SSSR count). The molecule has 1 amide bonds. The Morgan fingerprint density at radius 3 is 2.81 bits per heavy atom. The first-order valence-electron chi connectivity index (χ1n) is 5.87. The Morgan fingerprint density at radius 1 is 1.56 bits per heavy atom. The summed E-state index contributed by atoms with van der Waals surface area (Å²) in [6, 6.07) is -0.100. The molecule has 0 spiro atoms. The van der Waals surface area contributed by atoms with Gasteiger partial charge >= 0.3 is 0 Å². The number of rotatable bonds is 5. The number of carbonyl (C=O) groups excluding carboxylic acids is 1. The van der Waals surface area contributed by atoms with Crippen LogP contribution < -0.4 is 11.1 Å². The van der Waals surface area contributed by atoms with E-state index in [0.717, 1.165) is 25.7 Å².